The van der Waals surface area contributed by atoms with Crippen molar-refractivity contribution in [3.8, 4) is 0 Å². The highest BCUT2D eigenvalue weighted by molar-refractivity contribution is 6.01. The van der Waals surface area contributed by atoms with Gasteiger partial charge in [0.05, 0.1) is 12.6 Å². The van der Waals surface area contributed by atoms with E-state index in [0.29, 0.717) is 50.0 Å². The number of aromatic nitrogens is 1. The van der Waals surface area contributed by atoms with E-state index in [9.17, 15) is 23.6 Å². The number of aromatic amines is 1. The lowest BCUT2D eigenvalue weighted by Crippen LogP contribution is -2.49. The van der Waals surface area contributed by atoms with Crippen molar-refractivity contribution in [3.63, 3.8) is 0 Å². The minimum Gasteiger partial charge on any atom is -0.461 e. The fraction of sp³-hybridized carbons (Fsp3) is 0.500. The SMILES string of the molecule is CCOC(=O)c1cc2cc(NC(=O)[C@H]3[C@H](c4ccccc4)CCN3C(=O)C3CCC([C@@H](CF)NC(=O)OC(C)(C)C)CC3)ccc2[nH]1. The topological polar surface area (TPSA) is 130 Å². The second kappa shape index (κ2) is 14.6. The van der Waals surface area contributed by atoms with Crippen LogP contribution in [0.3, 0.4) is 0 Å². The lowest BCUT2D eigenvalue weighted by Gasteiger charge is -2.36. The van der Waals surface area contributed by atoms with E-state index >= 15 is 0 Å². The number of alkyl halides is 1. The Kier molecular flexibility index (Phi) is 10.5. The molecule has 1 saturated carbocycles. The number of benzene rings is 2. The molecular weight excluding hydrogens is 603 g/mol. The number of esters is 1. The van der Waals surface area contributed by atoms with Crippen LogP contribution in [-0.4, -0.2) is 71.3 Å². The molecule has 0 spiro atoms. The van der Waals surface area contributed by atoms with Crippen molar-refractivity contribution < 1.29 is 33.0 Å². The molecule has 2 heterocycles. The van der Waals surface area contributed by atoms with E-state index in [1.165, 1.54) is 0 Å². The molecule has 2 fully saturated rings. The van der Waals surface area contributed by atoms with Gasteiger partial charge in [-0.2, -0.15) is 0 Å². The zero-order valence-electron chi connectivity index (χ0n) is 27.5. The van der Waals surface area contributed by atoms with E-state index in [1.54, 1.807) is 56.9 Å². The molecule has 3 aromatic rings. The summed E-state index contributed by atoms with van der Waals surface area (Å²) in [6.45, 7) is 7.01. The molecule has 1 aromatic heterocycles. The summed E-state index contributed by atoms with van der Waals surface area (Å²) in [5.41, 5.74) is 1.92. The van der Waals surface area contributed by atoms with E-state index in [2.05, 4.69) is 15.6 Å². The lowest BCUT2D eigenvalue weighted by atomic mass is 9.78. The van der Waals surface area contributed by atoms with Gasteiger partial charge in [-0.15, -0.1) is 0 Å². The van der Waals surface area contributed by atoms with E-state index < -0.39 is 36.4 Å². The van der Waals surface area contributed by atoms with Gasteiger partial charge in [0, 0.05) is 35.0 Å². The number of nitrogens with zero attached hydrogens (tertiary/aromatic N) is 1. The van der Waals surface area contributed by atoms with Crippen LogP contribution in [0.2, 0.25) is 0 Å². The van der Waals surface area contributed by atoms with Gasteiger partial charge in [-0.1, -0.05) is 30.3 Å². The molecule has 1 aliphatic carbocycles. The van der Waals surface area contributed by atoms with E-state index in [-0.39, 0.29) is 36.2 Å². The average Bonchev–Trinajstić information content (AvgIpc) is 3.68. The number of nitrogens with one attached hydrogen (secondary N) is 3. The predicted molar refractivity (Wildman–Crippen MR) is 177 cm³/mol. The molecule has 3 amide bonds. The number of rotatable bonds is 9. The molecule has 1 saturated heterocycles. The predicted octanol–water partition coefficient (Wildman–Crippen LogP) is 6.34. The Morgan fingerprint density at radius 3 is 2.38 bits per heavy atom. The molecule has 3 N–H and O–H groups in total. The first-order chi connectivity index (χ1) is 22.5. The van der Waals surface area contributed by atoms with Crippen LogP contribution in [0.4, 0.5) is 14.9 Å². The van der Waals surface area contributed by atoms with Crippen LogP contribution in [0.25, 0.3) is 10.9 Å². The molecule has 11 heteroatoms. The quantitative estimate of drug-likeness (QED) is 0.232. The van der Waals surface area contributed by atoms with E-state index in [0.717, 1.165) is 16.5 Å². The number of likely N-dealkylation sites (tertiary alicyclic amines) is 1. The van der Waals surface area contributed by atoms with Crippen molar-refractivity contribution in [2.75, 3.05) is 25.1 Å². The molecule has 10 nitrogen and oxygen atoms in total. The van der Waals surface area contributed by atoms with Gasteiger partial charge in [0.1, 0.15) is 24.0 Å². The molecule has 0 radical (unpaired) electrons. The highest BCUT2D eigenvalue weighted by atomic mass is 19.1. The van der Waals surface area contributed by atoms with Gasteiger partial charge in [-0.3, -0.25) is 9.59 Å². The van der Waals surface area contributed by atoms with Crippen LogP contribution in [0.5, 0.6) is 0 Å². The van der Waals surface area contributed by atoms with Gasteiger partial charge >= 0.3 is 12.1 Å². The molecular formula is C36H45FN4O6. The number of ether oxygens (including phenoxy) is 2. The smallest absolute Gasteiger partial charge is 0.407 e. The van der Waals surface area contributed by atoms with Gasteiger partial charge < -0.3 is 30.0 Å². The van der Waals surface area contributed by atoms with Gasteiger partial charge in [0.25, 0.3) is 0 Å². The fourth-order valence-corrected chi connectivity index (χ4v) is 6.90. The Hall–Kier alpha value is -4.41. The van der Waals surface area contributed by atoms with E-state index in [1.807, 2.05) is 30.3 Å². The molecule has 2 aliphatic rings. The number of H-pyrrole nitrogens is 1. The first kappa shape index (κ1) is 33.9. The minimum atomic E-state index is -0.716. The summed E-state index contributed by atoms with van der Waals surface area (Å²) in [6, 6.07) is 15.4. The van der Waals surface area contributed by atoms with Crippen molar-refractivity contribution in [2.45, 2.75) is 83.4 Å². The highest BCUT2D eigenvalue weighted by Crippen LogP contribution is 2.39. The number of hydrogen-bond donors (Lipinski definition) is 3. The van der Waals surface area contributed by atoms with Gasteiger partial charge in [0.2, 0.25) is 11.8 Å². The third-order valence-corrected chi connectivity index (χ3v) is 9.12. The summed E-state index contributed by atoms with van der Waals surface area (Å²) < 4.78 is 24.4. The first-order valence-corrected chi connectivity index (χ1v) is 16.5. The van der Waals surface area contributed by atoms with Crippen molar-refractivity contribution in [1.29, 1.82) is 0 Å². The normalized spacial score (nSPS) is 22.0. The number of anilines is 1. The number of carbonyl (C=O) groups excluding carboxylic acids is 4. The van der Waals surface area contributed by atoms with Crippen molar-refractivity contribution in [2.24, 2.45) is 11.8 Å². The monoisotopic (exact) mass is 648 g/mol. The summed E-state index contributed by atoms with van der Waals surface area (Å²) in [4.78, 5) is 57.4. The summed E-state index contributed by atoms with van der Waals surface area (Å²) >= 11 is 0. The maximum absolute atomic E-state index is 14.1. The molecule has 0 unspecified atom stereocenters. The summed E-state index contributed by atoms with van der Waals surface area (Å²) in [5, 5.41) is 6.45. The molecule has 252 valence electrons. The van der Waals surface area contributed by atoms with Crippen LogP contribution in [0, 0.1) is 11.8 Å². The van der Waals surface area contributed by atoms with Crippen LogP contribution in [0.15, 0.2) is 54.6 Å². The zero-order valence-corrected chi connectivity index (χ0v) is 27.5. The van der Waals surface area contributed by atoms with Crippen molar-refractivity contribution >= 4 is 40.5 Å². The zero-order chi connectivity index (χ0) is 33.7. The van der Waals surface area contributed by atoms with Crippen molar-refractivity contribution in [3.05, 3.63) is 65.9 Å². The Morgan fingerprint density at radius 1 is 1.00 bits per heavy atom. The van der Waals surface area contributed by atoms with Crippen LogP contribution in [0.1, 0.15) is 81.8 Å². The van der Waals surface area contributed by atoms with Gasteiger partial charge in [-0.25, -0.2) is 14.0 Å². The molecule has 5 rings (SSSR count). The second-order valence-corrected chi connectivity index (χ2v) is 13.5. The maximum Gasteiger partial charge on any atom is 0.407 e. The number of fused-ring (bicyclic) bond motifs is 1. The number of halogens is 1. The minimum absolute atomic E-state index is 0.0703. The largest absolute Gasteiger partial charge is 0.461 e. The number of hydrogen-bond acceptors (Lipinski definition) is 6. The summed E-state index contributed by atoms with van der Waals surface area (Å²) in [6.07, 6.45) is 2.25. The number of carbonyl (C=O) groups is 4. The van der Waals surface area contributed by atoms with Crippen LogP contribution < -0.4 is 10.6 Å². The Bertz CT molecular complexity index is 1580. The van der Waals surface area contributed by atoms with E-state index in [4.69, 9.17) is 9.47 Å². The highest BCUT2D eigenvalue weighted by Gasteiger charge is 2.45. The molecule has 0 bridgehead atoms. The second-order valence-electron chi connectivity index (χ2n) is 13.5. The summed E-state index contributed by atoms with van der Waals surface area (Å²) in [7, 11) is 0. The standard InChI is InChI=1S/C36H45FN4O6/c1-5-46-34(44)29-20-25-19-26(15-16-28(25)39-29)38-32(42)31-27(22-9-7-6-8-10-22)17-18-41(31)33(43)24-13-11-23(12-14-24)30(21-37)40-35(45)47-36(2,3)4/h6-10,15-16,19-20,23-24,27,30-31,39H,5,11-14,17-18,21H2,1-4H3,(H,38,42)(H,40,45)/t23?,24?,27-,30+,31+/m0/s1. The Morgan fingerprint density at radius 2 is 1.72 bits per heavy atom. The first-order valence-electron chi connectivity index (χ1n) is 16.5. The molecule has 47 heavy (non-hydrogen) atoms. The fourth-order valence-electron chi connectivity index (χ4n) is 6.90. The molecule has 2 aromatic carbocycles. The average molecular weight is 649 g/mol. The third kappa shape index (κ3) is 8.12. The third-order valence-electron chi connectivity index (χ3n) is 9.12. The van der Waals surface area contributed by atoms with Crippen LogP contribution in [-0.2, 0) is 19.1 Å². The van der Waals surface area contributed by atoms with Gasteiger partial charge in [0.15, 0.2) is 0 Å². The molecule has 3 atom stereocenters. The van der Waals surface area contributed by atoms with Crippen molar-refractivity contribution in [1.82, 2.24) is 15.2 Å². The van der Waals surface area contributed by atoms with Crippen LogP contribution >= 0.6 is 0 Å². The Labute approximate surface area is 274 Å². The number of alkyl carbamates (subject to hydrolysis) is 1. The molecule has 1 aliphatic heterocycles. The number of amides is 3. The maximum atomic E-state index is 14.1. The summed E-state index contributed by atoms with van der Waals surface area (Å²) in [5.74, 6) is -1.39. The Balaban J connectivity index is 1.29. The lowest BCUT2D eigenvalue weighted by molar-refractivity contribution is -0.141. The van der Waals surface area contributed by atoms with Gasteiger partial charge in [-0.05, 0) is 95.5 Å².